The zero-order valence-electron chi connectivity index (χ0n) is 14.0. The van der Waals surface area contributed by atoms with Crippen molar-refractivity contribution < 1.29 is 28.5 Å². The molecule has 2 aromatic rings. The van der Waals surface area contributed by atoms with Crippen LogP contribution in [0.3, 0.4) is 0 Å². The third-order valence-corrected chi connectivity index (χ3v) is 4.70. The van der Waals surface area contributed by atoms with Crippen LogP contribution in [0.1, 0.15) is 20.1 Å². The average Bonchev–Trinajstić information content (AvgIpc) is 3.06. The van der Waals surface area contributed by atoms with E-state index in [1.54, 1.807) is 20.0 Å². The van der Waals surface area contributed by atoms with Crippen molar-refractivity contribution >= 4 is 45.6 Å². The van der Waals surface area contributed by atoms with E-state index in [4.69, 9.17) is 19.9 Å². The molecule has 0 radical (unpaired) electrons. The molecule has 0 bridgehead atoms. The minimum Gasteiger partial charge on any atom is -0.432 e. The molecule has 3 rings (SSSR count). The van der Waals surface area contributed by atoms with E-state index in [1.165, 1.54) is 10.9 Å². The maximum Gasteiger partial charge on any atom is 0.509 e. The third kappa shape index (κ3) is 3.42. The van der Waals surface area contributed by atoms with Gasteiger partial charge >= 0.3 is 6.16 Å². The van der Waals surface area contributed by atoms with Crippen molar-refractivity contribution in [3.63, 3.8) is 0 Å². The van der Waals surface area contributed by atoms with Gasteiger partial charge < -0.3 is 29.6 Å². The number of aliphatic hydroxyl groups excluding tert-OH is 1. The van der Waals surface area contributed by atoms with E-state index in [-0.39, 0.29) is 5.82 Å². The summed E-state index contributed by atoms with van der Waals surface area (Å²) in [7, 11) is 0. The van der Waals surface area contributed by atoms with Gasteiger partial charge in [0.15, 0.2) is 18.5 Å². The Hall–Kier alpha value is -1.73. The van der Waals surface area contributed by atoms with Crippen molar-refractivity contribution in [3.8, 4) is 0 Å². The Balaban J connectivity index is 1.90. The van der Waals surface area contributed by atoms with Crippen LogP contribution in [0.25, 0.3) is 11.0 Å². The maximum absolute atomic E-state index is 15.0. The predicted molar refractivity (Wildman–Crippen MR) is 97.0 cm³/mol. The lowest BCUT2D eigenvalue weighted by Gasteiger charge is -2.19. The number of hydrogen-bond acceptors (Lipinski definition) is 8. The number of carbonyl (C=O) groups is 1. The van der Waals surface area contributed by atoms with Gasteiger partial charge in [-0.2, -0.15) is 0 Å². The van der Waals surface area contributed by atoms with Crippen LogP contribution >= 0.6 is 22.6 Å². The van der Waals surface area contributed by atoms with Crippen LogP contribution in [-0.4, -0.2) is 56.9 Å². The number of alkyl halides is 1. The number of aromatic nitrogens is 3. The van der Waals surface area contributed by atoms with Crippen LogP contribution in [0.15, 0.2) is 12.5 Å². The number of aliphatic hydroxyl groups is 1. The van der Waals surface area contributed by atoms with Gasteiger partial charge in [0.25, 0.3) is 0 Å². The number of hydrogen-bond donors (Lipinski definition) is 2. The normalized spacial score (nSPS) is 25.8. The predicted octanol–water partition coefficient (Wildman–Crippen LogP) is 1.78. The first-order chi connectivity index (χ1) is 12.3. The SMILES string of the molecule is CC(C)OC(=O)OC1C(CO)OC(n2cc(I)c3c(N)ncnc32)C1F. The summed E-state index contributed by atoms with van der Waals surface area (Å²) in [6, 6.07) is 0. The van der Waals surface area contributed by atoms with Gasteiger partial charge in [-0.25, -0.2) is 19.2 Å². The van der Waals surface area contributed by atoms with Crippen molar-refractivity contribution in [1.29, 1.82) is 0 Å². The number of carbonyl (C=O) groups excluding carboxylic acids is 1. The first-order valence-corrected chi connectivity index (χ1v) is 8.95. The van der Waals surface area contributed by atoms with Crippen molar-refractivity contribution in [3.05, 3.63) is 16.1 Å². The quantitative estimate of drug-likeness (QED) is 0.502. The Morgan fingerprint density at radius 3 is 2.92 bits per heavy atom. The highest BCUT2D eigenvalue weighted by molar-refractivity contribution is 14.1. The molecule has 1 aliphatic rings. The zero-order valence-corrected chi connectivity index (χ0v) is 16.2. The van der Waals surface area contributed by atoms with Gasteiger partial charge in [0.2, 0.25) is 0 Å². The minimum absolute atomic E-state index is 0.263. The van der Waals surface area contributed by atoms with E-state index in [0.717, 1.165) is 3.57 Å². The highest BCUT2D eigenvalue weighted by Gasteiger charge is 2.49. The van der Waals surface area contributed by atoms with Crippen LogP contribution < -0.4 is 5.73 Å². The lowest BCUT2D eigenvalue weighted by atomic mass is 10.1. The number of nitrogens with two attached hydrogens (primary N) is 1. The summed E-state index contributed by atoms with van der Waals surface area (Å²) < 4.78 is 32.7. The molecule has 0 aliphatic carbocycles. The van der Waals surface area contributed by atoms with Crippen LogP contribution in [0.2, 0.25) is 0 Å². The van der Waals surface area contributed by atoms with Crippen LogP contribution in [0.5, 0.6) is 0 Å². The van der Waals surface area contributed by atoms with E-state index in [2.05, 4.69) is 9.97 Å². The van der Waals surface area contributed by atoms with Gasteiger partial charge in [-0.3, -0.25) is 0 Å². The highest BCUT2D eigenvalue weighted by Crippen LogP contribution is 2.37. The fraction of sp³-hybridized carbons (Fsp3) is 0.533. The number of anilines is 1. The number of nitrogen functional groups attached to an aromatic ring is 1. The van der Waals surface area contributed by atoms with Crippen LogP contribution in [0.4, 0.5) is 15.0 Å². The smallest absolute Gasteiger partial charge is 0.432 e. The molecule has 3 N–H and O–H groups in total. The lowest BCUT2D eigenvalue weighted by Crippen LogP contribution is -2.36. The molecule has 2 aromatic heterocycles. The highest BCUT2D eigenvalue weighted by atomic mass is 127. The van der Waals surface area contributed by atoms with Gasteiger partial charge in [0, 0.05) is 9.77 Å². The van der Waals surface area contributed by atoms with E-state index in [1.807, 2.05) is 22.6 Å². The van der Waals surface area contributed by atoms with Gasteiger partial charge in [-0.15, -0.1) is 0 Å². The molecule has 142 valence electrons. The number of rotatable bonds is 4. The number of halogens is 2. The third-order valence-electron chi connectivity index (χ3n) is 3.88. The molecule has 9 nitrogen and oxygen atoms in total. The second kappa shape index (κ2) is 7.48. The summed E-state index contributed by atoms with van der Waals surface area (Å²) in [4.78, 5) is 19.8. The second-order valence-corrected chi connectivity index (χ2v) is 7.20. The number of nitrogens with zero attached hydrogens (tertiary/aromatic N) is 3. The molecule has 26 heavy (non-hydrogen) atoms. The Bertz CT molecular complexity index is 817. The van der Waals surface area contributed by atoms with Crippen molar-refractivity contribution in [2.45, 2.75) is 44.6 Å². The van der Waals surface area contributed by atoms with Crippen LogP contribution in [-0.2, 0) is 14.2 Å². The van der Waals surface area contributed by atoms with E-state index >= 15 is 4.39 Å². The molecule has 0 saturated carbocycles. The first kappa shape index (κ1) is 19.0. The molecule has 1 fully saturated rings. The van der Waals surface area contributed by atoms with E-state index in [0.29, 0.717) is 11.0 Å². The largest absolute Gasteiger partial charge is 0.509 e. The summed E-state index contributed by atoms with van der Waals surface area (Å²) in [6.45, 7) is 2.76. The van der Waals surface area contributed by atoms with E-state index < -0.39 is 43.5 Å². The topological polar surface area (TPSA) is 122 Å². The summed E-state index contributed by atoms with van der Waals surface area (Å²) in [5.74, 6) is 0.263. The first-order valence-electron chi connectivity index (χ1n) is 7.87. The van der Waals surface area contributed by atoms with Gasteiger partial charge in [-0.1, -0.05) is 0 Å². The van der Waals surface area contributed by atoms with Crippen molar-refractivity contribution in [2.24, 2.45) is 0 Å². The average molecular weight is 480 g/mol. The van der Waals surface area contributed by atoms with Gasteiger partial charge in [0.1, 0.15) is 23.9 Å². The summed E-state index contributed by atoms with van der Waals surface area (Å²) in [5, 5.41) is 10.1. The number of fused-ring (bicyclic) bond motifs is 1. The van der Waals surface area contributed by atoms with E-state index in [9.17, 15) is 9.90 Å². The molecule has 1 saturated heterocycles. The molecule has 1 aliphatic heterocycles. The molecule has 11 heteroatoms. The van der Waals surface area contributed by atoms with Crippen LogP contribution in [0, 0.1) is 3.57 Å². The Morgan fingerprint density at radius 2 is 2.27 bits per heavy atom. The molecule has 4 unspecified atom stereocenters. The number of ether oxygens (including phenoxy) is 3. The monoisotopic (exact) mass is 480 g/mol. The molecule has 0 amide bonds. The van der Waals surface area contributed by atoms with Gasteiger partial charge in [0.05, 0.1) is 18.1 Å². The zero-order chi connectivity index (χ0) is 19.0. The second-order valence-electron chi connectivity index (χ2n) is 6.03. The molecule has 4 atom stereocenters. The molecule has 0 spiro atoms. The molecule has 0 aromatic carbocycles. The fourth-order valence-electron chi connectivity index (χ4n) is 2.79. The summed E-state index contributed by atoms with van der Waals surface area (Å²) >= 11 is 2.04. The Labute approximate surface area is 161 Å². The fourth-order valence-corrected chi connectivity index (χ4v) is 3.61. The van der Waals surface area contributed by atoms with Crippen molar-refractivity contribution in [2.75, 3.05) is 12.3 Å². The Morgan fingerprint density at radius 1 is 1.54 bits per heavy atom. The standard InChI is InChI=1S/C15H18FIN4O5/c1-6(2)24-15(23)26-11-8(4-22)25-14(10(11)16)21-3-7(17)9-12(18)19-5-20-13(9)21/h3,5-6,8,10-11,14,22H,4H2,1-2H3,(H2,18,19,20). The summed E-state index contributed by atoms with van der Waals surface area (Å²) in [6.07, 6.45) is -3.79. The van der Waals surface area contributed by atoms with Crippen molar-refractivity contribution in [1.82, 2.24) is 14.5 Å². The lowest BCUT2D eigenvalue weighted by molar-refractivity contribution is -0.0586. The molecular weight excluding hydrogens is 462 g/mol. The van der Waals surface area contributed by atoms with Gasteiger partial charge in [-0.05, 0) is 36.4 Å². The Kier molecular flexibility index (Phi) is 5.48. The maximum atomic E-state index is 15.0. The summed E-state index contributed by atoms with van der Waals surface area (Å²) in [5.41, 5.74) is 6.25. The molecular formula is C15H18FIN4O5. The molecule has 3 heterocycles. The minimum atomic E-state index is -1.74.